The number of nitrogens with zero attached hydrogens (tertiary/aromatic N) is 1. The van der Waals surface area contributed by atoms with Crippen LogP contribution in [0.25, 0.3) is 0 Å². The van der Waals surface area contributed by atoms with Gasteiger partial charge < -0.3 is 10.6 Å². The fourth-order valence-electron chi connectivity index (χ4n) is 1.33. The van der Waals surface area contributed by atoms with E-state index in [1.165, 1.54) is 13.0 Å². The SMILES string of the molecule is CC1CC(N)CCN1C.Cl. The van der Waals surface area contributed by atoms with Gasteiger partial charge in [0.25, 0.3) is 0 Å². The van der Waals surface area contributed by atoms with E-state index in [2.05, 4.69) is 18.9 Å². The van der Waals surface area contributed by atoms with Gasteiger partial charge in [-0.15, -0.1) is 12.4 Å². The van der Waals surface area contributed by atoms with Crippen LogP contribution in [0.4, 0.5) is 0 Å². The van der Waals surface area contributed by atoms with Crippen LogP contribution in [0.5, 0.6) is 0 Å². The molecule has 10 heavy (non-hydrogen) atoms. The molecule has 0 aromatic carbocycles. The summed E-state index contributed by atoms with van der Waals surface area (Å²) in [7, 11) is 2.16. The van der Waals surface area contributed by atoms with Crippen LogP contribution in [0.15, 0.2) is 0 Å². The maximum atomic E-state index is 5.76. The average Bonchev–Trinajstić information content (AvgIpc) is 1.80. The zero-order valence-corrected chi connectivity index (χ0v) is 7.53. The molecule has 1 rings (SSSR count). The van der Waals surface area contributed by atoms with E-state index in [4.69, 9.17) is 5.73 Å². The second-order valence-corrected chi connectivity index (χ2v) is 3.11. The predicted octanol–water partition coefficient (Wildman–Crippen LogP) is 0.850. The topological polar surface area (TPSA) is 29.3 Å². The summed E-state index contributed by atoms with van der Waals surface area (Å²) >= 11 is 0. The summed E-state index contributed by atoms with van der Waals surface area (Å²) in [5.74, 6) is 0. The van der Waals surface area contributed by atoms with Gasteiger partial charge in [-0.05, 0) is 33.4 Å². The maximum absolute atomic E-state index is 5.76. The smallest absolute Gasteiger partial charge is 0.00786 e. The number of rotatable bonds is 0. The van der Waals surface area contributed by atoms with Crippen molar-refractivity contribution in [1.29, 1.82) is 0 Å². The summed E-state index contributed by atoms with van der Waals surface area (Å²) in [6.07, 6.45) is 2.33. The minimum atomic E-state index is 0. The largest absolute Gasteiger partial charge is 0.328 e. The number of halogens is 1. The first-order chi connectivity index (χ1) is 4.20. The first-order valence-electron chi connectivity index (χ1n) is 3.66. The molecule has 62 valence electrons. The number of piperidine rings is 1. The third-order valence-electron chi connectivity index (χ3n) is 2.25. The van der Waals surface area contributed by atoms with Crippen molar-refractivity contribution >= 4 is 12.4 Å². The molecule has 0 aromatic rings. The molecule has 1 heterocycles. The normalized spacial score (nSPS) is 35.1. The van der Waals surface area contributed by atoms with Crippen molar-refractivity contribution in [3.63, 3.8) is 0 Å². The molecule has 0 amide bonds. The van der Waals surface area contributed by atoms with Crippen molar-refractivity contribution in [3.05, 3.63) is 0 Å². The molecule has 0 bridgehead atoms. The van der Waals surface area contributed by atoms with Gasteiger partial charge in [-0.2, -0.15) is 0 Å². The maximum Gasteiger partial charge on any atom is 0.00786 e. The lowest BCUT2D eigenvalue weighted by molar-refractivity contribution is 0.184. The summed E-state index contributed by atoms with van der Waals surface area (Å²) < 4.78 is 0. The third-order valence-corrected chi connectivity index (χ3v) is 2.25. The van der Waals surface area contributed by atoms with Crippen LogP contribution in [0, 0.1) is 0 Å². The Balaban J connectivity index is 0.000000810. The van der Waals surface area contributed by atoms with E-state index in [9.17, 15) is 0 Å². The Morgan fingerprint density at radius 3 is 2.50 bits per heavy atom. The number of likely N-dealkylation sites (tertiary alicyclic amines) is 1. The highest BCUT2D eigenvalue weighted by atomic mass is 35.5. The Hall–Kier alpha value is 0.210. The molecule has 0 aromatic heterocycles. The summed E-state index contributed by atoms with van der Waals surface area (Å²) in [6, 6.07) is 1.14. The molecule has 3 heteroatoms. The highest BCUT2D eigenvalue weighted by Gasteiger charge is 2.18. The van der Waals surface area contributed by atoms with Crippen LogP contribution in [0.3, 0.4) is 0 Å². The molecule has 2 atom stereocenters. The van der Waals surface area contributed by atoms with Gasteiger partial charge >= 0.3 is 0 Å². The Morgan fingerprint density at radius 1 is 1.50 bits per heavy atom. The van der Waals surface area contributed by atoms with Crippen molar-refractivity contribution in [2.24, 2.45) is 5.73 Å². The van der Waals surface area contributed by atoms with Crippen molar-refractivity contribution in [3.8, 4) is 0 Å². The molecule has 2 nitrogen and oxygen atoms in total. The molecule has 1 aliphatic heterocycles. The van der Waals surface area contributed by atoms with E-state index in [0.717, 1.165) is 6.42 Å². The van der Waals surface area contributed by atoms with Crippen molar-refractivity contribution in [1.82, 2.24) is 4.90 Å². The molecule has 2 unspecified atom stereocenters. The average molecular weight is 165 g/mol. The predicted molar refractivity (Wildman–Crippen MR) is 46.5 cm³/mol. The van der Waals surface area contributed by atoms with Crippen molar-refractivity contribution in [2.75, 3.05) is 13.6 Å². The lowest BCUT2D eigenvalue weighted by Crippen LogP contribution is -2.43. The highest BCUT2D eigenvalue weighted by molar-refractivity contribution is 5.85. The molecule has 1 aliphatic rings. The highest BCUT2D eigenvalue weighted by Crippen LogP contribution is 2.12. The van der Waals surface area contributed by atoms with Crippen LogP contribution in [0.1, 0.15) is 19.8 Å². The molecule has 1 fully saturated rings. The zero-order chi connectivity index (χ0) is 6.85. The van der Waals surface area contributed by atoms with Gasteiger partial charge in [0.1, 0.15) is 0 Å². The summed E-state index contributed by atoms with van der Waals surface area (Å²) in [6.45, 7) is 3.40. The number of hydrogen-bond donors (Lipinski definition) is 1. The Labute approximate surface area is 69.2 Å². The first-order valence-corrected chi connectivity index (χ1v) is 3.66. The van der Waals surface area contributed by atoms with Gasteiger partial charge in [-0.25, -0.2) is 0 Å². The Bertz CT molecular complexity index is 97.6. The van der Waals surface area contributed by atoms with E-state index in [0.29, 0.717) is 12.1 Å². The second-order valence-electron chi connectivity index (χ2n) is 3.11. The lowest BCUT2D eigenvalue weighted by Gasteiger charge is -2.33. The van der Waals surface area contributed by atoms with Gasteiger partial charge in [0.15, 0.2) is 0 Å². The minimum Gasteiger partial charge on any atom is -0.328 e. The van der Waals surface area contributed by atoms with Gasteiger partial charge in [-0.1, -0.05) is 0 Å². The third kappa shape index (κ3) is 2.45. The zero-order valence-electron chi connectivity index (χ0n) is 6.71. The van der Waals surface area contributed by atoms with Crippen molar-refractivity contribution < 1.29 is 0 Å². The lowest BCUT2D eigenvalue weighted by atomic mass is 10.0. The van der Waals surface area contributed by atoms with Gasteiger partial charge in [0, 0.05) is 12.1 Å². The molecule has 1 saturated heterocycles. The number of hydrogen-bond acceptors (Lipinski definition) is 2. The van der Waals surface area contributed by atoms with Gasteiger partial charge in [0.05, 0.1) is 0 Å². The Morgan fingerprint density at radius 2 is 2.10 bits per heavy atom. The van der Waals surface area contributed by atoms with E-state index in [-0.39, 0.29) is 12.4 Å². The quantitative estimate of drug-likeness (QED) is 0.575. The van der Waals surface area contributed by atoms with Crippen LogP contribution in [0.2, 0.25) is 0 Å². The Kier molecular flexibility index (Phi) is 4.25. The van der Waals surface area contributed by atoms with Gasteiger partial charge in [0.2, 0.25) is 0 Å². The van der Waals surface area contributed by atoms with E-state index >= 15 is 0 Å². The molecular formula is C7H17ClN2. The fourth-order valence-corrected chi connectivity index (χ4v) is 1.33. The second kappa shape index (κ2) is 4.16. The molecular weight excluding hydrogens is 148 g/mol. The minimum absolute atomic E-state index is 0. The van der Waals surface area contributed by atoms with E-state index in [1.54, 1.807) is 0 Å². The standard InChI is InChI=1S/C7H16N2.ClH/c1-6-5-7(8)3-4-9(6)2;/h6-7H,3-5,8H2,1-2H3;1H. The van der Waals surface area contributed by atoms with E-state index < -0.39 is 0 Å². The van der Waals surface area contributed by atoms with Crippen LogP contribution >= 0.6 is 12.4 Å². The first kappa shape index (κ1) is 10.2. The monoisotopic (exact) mass is 164 g/mol. The molecule has 0 saturated carbocycles. The molecule has 2 N–H and O–H groups in total. The van der Waals surface area contributed by atoms with E-state index in [1.807, 2.05) is 0 Å². The molecule has 0 spiro atoms. The molecule has 0 radical (unpaired) electrons. The van der Waals surface area contributed by atoms with Gasteiger partial charge in [-0.3, -0.25) is 0 Å². The van der Waals surface area contributed by atoms with Crippen molar-refractivity contribution in [2.45, 2.75) is 31.8 Å². The summed E-state index contributed by atoms with van der Waals surface area (Å²) in [5.41, 5.74) is 5.76. The fraction of sp³-hybridized carbons (Fsp3) is 1.00. The van der Waals surface area contributed by atoms with Crippen LogP contribution < -0.4 is 5.73 Å². The number of nitrogens with two attached hydrogens (primary N) is 1. The van der Waals surface area contributed by atoms with Crippen LogP contribution in [-0.2, 0) is 0 Å². The summed E-state index contributed by atoms with van der Waals surface area (Å²) in [5, 5.41) is 0. The molecule has 0 aliphatic carbocycles. The summed E-state index contributed by atoms with van der Waals surface area (Å²) in [4.78, 5) is 2.36. The van der Waals surface area contributed by atoms with Crippen LogP contribution in [-0.4, -0.2) is 30.6 Å².